The van der Waals surface area contributed by atoms with E-state index in [2.05, 4.69) is 0 Å². The normalized spacial score (nSPS) is 11.6. The second-order valence-corrected chi connectivity index (χ2v) is 5.99. The zero-order valence-corrected chi connectivity index (χ0v) is 11.1. The molecule has 2 N–H and O–H groups in total. The average Bonchev–Trinajstić information content (AvgIpc) is 2.24. The number of ether oxygens (including phenoxy) is 1. The molecule has 0 heterocycles. The van der Waals surface area contributed by atoms with Gasteiger partial charge in [0.15, 0.2) is 9.84 Å². The van der Waals surface area contributed by atoms with Crippen molar-refractivity contribution in [2.75, 3.05) is 24.7 Å². The molecule has 0 unspecified atom stereocenters. The maximum absolute atomic E-state index is 12.0. The summed E-state index contributed by atoms with van der Waals surface area (Å²) < 4.78 is 29.1. The maximum atomic E-state index is 12.0. The minimum absolute atomic E-state index is 0.0697. The molecule has 0 aliphatic carbocycles. The van der Waals surface area contributed by atoms with E-state index in [9.17, 15) is 8.42 Å². The molecule has 1 rings (SSSR count). The first-order valence-corrected chi connectivity index (χ1v) is 7.29. The second kappa shape index (κ2) is 6.02. The summed E-state index contributed by atoms with van der Waals surface area (Å²) in [6, 6.07) is 5.00. The summed E-state index contributed by atoms with van der Waals surface area (Å²) in [5.74, 6) is 0.0697. The maximum Gasteiger partial charge on any atom is 0.180 e. The fourth-order valence-corrected chi connectivity index (χ4v) is 2.97. The fraction of sp³-hybridized carbons (Fsp3) is 0.500. The number of rotatable bonds is 6. The lowest BCUT2D eigenvalue weighted by Crippen LogP contribution is -2.11. The Balaban J connectivity index is 2.76. The molecule has 0 spiro atoms. The van der Waals surface area contributed by atoms with Crippen LogP contribution < -0.4 is 5.73 Å². The lowest BCUT2D eigenvalue weighted by Gasteiger charge is -2.08. The van der Waals surface area contributed by atoms with Crippen molar-refractivity contribution in [1.82, 2.24) is 0 Å². The van der Waals surface area contributed by atoms with E-state index in [0.717, 1.165) is 5.56 Å². The molecule has 0 aromatic heterocycles. The molecule has 0 bridgehead atoms. The third-order valence-corrected chi connectivity index (χ3v) is 4.27. The van der Waals surface area contributed by atoms with Crippen LogP contribution in [0, 0.1) is 6.92 Å². The Morgan fingerprint density at radius 2 is 2.06 bits per heavy atom. The summed E-state index contributed by atoms with van der Waals surface area (Å²) in [5, 5.41) is 0. The smallest absolute Gasteiger partial charge is 0.180 e. The molecule has 1 aromatic carbocycles. The zero-order chi connectivity index (χ0) is 12.9. The van der Waals surface area contributed by atoms with Gasteiger partial charge in [0, 0.05) is 13.2 Å². The van der Waals surface area contributed by atoms with Gasteiger partial charge in [0.05, 0.1) is 16.3 Å². The first-order valence-electron chi connectivity index (χ1n) is 5.64. The molecule has 0 fully saturated rings. The lowest BCUT2D eigenvalue weighted by atomic mass is 10.2. The third kappa shape index (κ3) is 4.02. The van der Waals surface area contributed by atoms with Crippen LogP contribution in [-0.2, 0) is 14.6 Å². The molecular weight excluding hydrogens is 238 g/mol. The number of anilines is 1. The molecule has 0 atom stereocenters. The highest BCUT2D eigenvalue weighted by atomic mass is 32.2. The third-order valence-electron chi connectivity index (χ3n) is 2.41. The van der Waals surface area contributed by atoms with Crippen LogP contribution in [0.2, 0.25) is 0 Å². The van der Waals surface area contributed by atoms with Gasteiger partial charge in [0.2, 0.25) is 0 Å². The SMILES string of the molecule is CCOCCCS(=O)(=O)c1ccc(C)cc1N. The van der Waals surface area contributed by atoms with Crippen molar-refractivity contribution < 1.29 is 13.2 Å². The Morgan fingerprint density at radius 1 is 1.35 bits per heavy atom. The van der Waals surface area contributed by atoms with Gasteiger partial charge in [-0.25, -0.2) is 8.42 Å². The van der Waals surface area contributed by atoms with Gasteiger partial charge in [0.1, 0.15) is 0 Å². The summed E-state index contributed by atoms with van der Waals surface area (Å²) in [4.78, 5) is 0.222. The Labute approximate surface area is 103 Å². The monoisotopic (exact) mass is 257 g/mol. The van der Waals surface area contributed by atoms with E-state index in [4.69, 9.17) is 10.5 Å². The number of hydrogen-bond acceptors (Lipinski definition) is 4. The molecule has 0 saturated carbocycles. The van der Waals surface area contributed by atoms with E-state index >= 15 is 0 Å². The summed E-state index contributed by atoms with van der Waals surface area (Å²) >= 11 is 0. The van der Waals surface area contributed by atoms with Crippen LogP contribution in [-0.4, -0.2) is 27.4 Å². The predicted molar refractivity (Wildman–Crippen MR) is 68.8 cm³/mol. The van der Waals surface area contributed by atoms with Crippen molar-refractivity contribution in [3.05, 3.63) is 23.8 Å². The Bertz CT molecular complexity index is 469. The summed E-state index contributed by atoms with van der Waals surface area (Å²) in [6.07, 6.45) is 0.490. The van der Waals surface area contributed by atoms with Gasteiger partial charge in [-0.1, -0.05) is 6.07 Å². The van der Waals surface area contributed by atoms with Crippen molar-refractivity contribution in [1.29, 1.82) is 0 Å². The summed E-state index contributed by atoms with van der Waals surface area (Å²) in [7, 11) is -3.29. The predicted octanol–water partition coefficient (Wildman–Crippen LogP) is 1.78. The minimum atomic E-state index is -3.29. The highest BCUT2D eigenvalue weighted by Gasteiger charge is 2.16. The van der Waals surface area contributed by atoms with Gasteiger partial charge in [-0.15, -0.1) is 0 Å². The van der Waals surface area contributed by atoms with Crippen LogP contribution in [0.25, 0.3) is 0 Å². The molecule has 4 nitrogen and oxygen atoms in total. The standard InChI is InChI=1S/C12H19NO3S/c1-3-16-7-4-8-17(14,15)12-6-5-10(2)9-11(12)13/h5-6,9H,3-4,7-8,13H2,1-2H3. The van der Waals surface area contributed by atoms with E-state index in [0.29, 0.717) is 25.3 Å². The van der Waals surface area contributed by atoms with E-state index < -0.39 is 9.84 Å². The van der Waals surface area contributed by atoms with Gasteiger partial charge < -0.3 is 10.5 Å². The van der Waals surface area contributed by atoms with Crippen LogP contribution in [0.5, 0.6) is 0 Å². The number of sulfone groups is 1. The van der Waals surface area contributed by atoms with Crippen molar-refractivity contribution >= 4 is 15.5 Å². The number of nitrogens with two attached hydrogens (primary N) is 1. The Kier molecular flexibility index (Phi) is 4.96. The molecule has 1 aromatic rings. The van der Waals surface area contributed by atoms with Crippen molar-refractivity contribution in [3.63, 3.8) is 0 Å². The number of nitrogen functional groups attached to an aromatic ring is 1. The molecule has 17 heavy (non-hydrogen) atoms. The Hall–Kier alpha value is -1.07. The van der Waals surface area contributed by atoms with Crippen LogP contribution in [0.3, 0.4) is 0 Å². The highest BCUT2D eigenvalue weighted by molar-refractivity contribution is 7.91. The molecule has 0 radical (unpaired) electrons. The van der Waals surface area contributed by atoms with E-state index in [-0.39, 0.29) is 10.6 Å². The number of hydrogen-bond donors (Lipinski definition) is 1. The van der Waals surface area contributed by atoms with Crippen molar-refractivity contribution in [2.45, 2.75) is 25.2 Å². The van der Waals surface area contributed by atoms with Crippen molar-refractivity contribution in [2.24, 2.45) is 0 Å². The van der Waals surface area contributed by atoms with Crippen molar-refractivity contribution in [3.8, 4) is 0 Å². The van der Waals surface area contributed by atoms with Crippen LogP contribution in [0.4, 0.5) is 5.69 Å². The highest BCUT2D eigenvalue weighted by Crippen LogP contribution is 2.21. The van der Waals surface area contributed by atoms with E-state index in [1.54, 1.807) is 18.2 Å². The van der Waals surface area contributed by atoms with Crippen LogP contribution in [0.1, 0.15) is 18.9 Å². The average molecular weight is 257 g/mol. The second-order valence-electron chi connectivity index (χ2n) is 3.91. The van der Waals surface area contributed by atoms with E-state index in [1.165, 1.54) is 0 Å². The zero-order valence-electron chi connectivity index (χ0n) is 10.3. The quantitative estimate of drug-likeness (QED) is 0.623. The number of aryl methyl sites for hydroxylation is 1. The van der Waals surface area contributed by atoms with Crippen LogP contribution in [0.15, 0.2) is 23.1 Å². The molecule has 0 aliphatic heterocycles. The Morgan fingerprint density at radius 3 is 2.65 bits per heavy atom. The summed E-state index contributed by atoms with van der Waals surface area (Å²) in [5.41, 5.74) is 7.00. The summed E-state index contributed by atoms with van der Waals surface area (Å²) in [6.45, 7) is 4.82. The molecule has 96 valence electrons. The topological polar surface area (TPSA) is 69.4 Å². The minimum Gasteiger partial charge on any atom is -0.398 e. The van der Waals surface area contributed by atoms with Gasteiger partial charge in [0.25, 0.3) is 0 Å². The lowest BCUT2D eigenvalue weighted by molar-refractivity contribution is 0.148. The first kappa shape index (κ1) is 14.0. The first-order chi connectivity index (χ1) is 7.97. The number of benzene rings is 1. The van der Waals surface area contributed by atoms with Gasteiger partial charge in [-0.2, -0.15) is 0 Å². The molecule has 0 aliphatic rings. The largest absolute Gasteiger partial charge is 0.398 e. The van der Waals surface area contributed by atoms with E-state index in [1.807, 2.05) is 13.8 Å². The molecule has 0 saturated heterocycles. The molecular formula is C12H19NO3S. The fourth-order valence-electron chi connectivity index (χ4n) is 1.56. The van der Waals surface area contributed by atoms with Gasteiger partial charge >= 0.3 is 0 Å². The van der Waals surface area contributed by atoms with Gasteiger partial charge in [-0.05, 0) is 38.0 Å². The molecule has 5 heteroatoms. The van der Waals surface area contributed by atoms with Gasteiger partial charge in [-0.3, -0.25) is 0 Å². The van der Waals surface area contributed by atoms with Crippen LogP contribution >= 0.6 is 0 Å². The molecule has 0 amide bonds.